The number of rotatable bonds is 6. The van der Waals surface area contributed by atoms with Gasteiger partial charge < -0.3 is 10.6 Å². The molecule has 0 aromatic rings. The zero-order valence-corrected chi connectivity index (χ0v) is 10.4. The Morgan fingerprint density at radius 1 is 1.50 bits per heavy atom. The fourth-order valence-electron chi connectivity index (χ4n) is 1.98. The Morgan fingerprint density at radius 3 is 2.62 bits per heavy atom. The number of alkyl halides is 2. The van der Waals surface area contributed by atoms with Crippen LogP contribution in [0.2, 0.25) is 0 Å². The van der Waals surface area contributed by atoms with Crippen molar-refractivity contribution < 1.29 is 8.78 Å². The highest BCUT2D eigenvalue weighted by Gasteiger charge is 2.44. The van der Waals surface area contributed by atoms with E-state index >= 15 is 0 Å². The van der Waals surface area contributed by atoms with Gasteiger partial charge in [0.1, 0.15) is 0 Å². The maximum absolute atomic E-state index is 13.5. The van der Waals surface area contributed by atoms with Gasteiger partial charge in [0.05, 0.1) is 6.04 Å². The van der Waals surface area contributed by atoms with Gasteiger partial charge in [0, 0.05) is 38.6 Å². The van der Waals surface area contributed by atoms with E-state index in [0.29, 0.717) is 19.1 Å². The standard InChI is InChI=1S/C11H23F2N3/c1-9(2)16(7-6-14-3)8-10-11(12,13)4-5-15-10/h9-10,14-15H,4-8H2,1-3H3. The van der Waals surface area contributed by atoms with Crippen molar-refractivity contribution in [3.8, 4) is 0 Å². The Morgan fingerprint density at radius 2 is 2.19 bits per heavy atom. The van der Waals surface area contributed by atoms with E-state index < -0.39 is 12.0 Å². The van der Waals surface area contributed by atoms with Crippen LogP contribution >= 0.6 is 0 Å². The Labute approximate surface area is 96.6 Å². The summed E-state index contributed by atoms with van der Waals surface area (Å²) in [6.45, 7) is 6.58. The number of halogens is 2. The quantitative estimate of drug-likeness (QED) is 0.716. The van der Waals surface area contributed by atoms with Crippen molar-refractivity contribution in [1.29, 1.82) is 0 Å². The lowest BCUT2D eigenvalue weighted by molar-refractivity contribution is -0.0230. The predicted octanol–water partition coefficient (Wildman–Crippen LogP) is 0.913. The van der Waals surface area contributed by atoms with Crippen LogP contribution in [0.15, 0.2) is 0 Å². The van der Waals surface area contributed by atoms with Gasteiger partial charge >= 0.3 is 0 Å². The lowest BCUT2D eigenvalue weighted by Crippen LogP contribution is -2.49. The van der Waals surface area contributed by atoms with E-state index in [9.17, 15) is 8.78 Å². The first kappa shape index (κ1) is 13.8. The molecule has 1 atom stereocenters. The maximum atomic E-state index is 13.5. The molecule has 0 aromatic heterocycles. The number of nitrogens with zero attached hydrogens (tertiary/aromatic N) is 1. The van der Waals surface area contributed by atoms with Crippen molar-refractivity contribution in [3.05, 3.63) is 0 Å². The molecule has 1 heterocycles. The second kappa shape index (κ2) is 5.89. The van der Waals surface area contributed by atoms with Gasteiger partial charge in [-0.3, -0.25) is 4.90 Å². The summed E-state index contributed by atoms with van der Waals surface area (Å²) in [4.78, 5) is 2.09. The summed E-state index contributed by atoms with van der Waals surface area (Å²) in [5, 5.41) is 5.95. The molecule has 0 radical (unpaired) electrons. The monoisotopic (exact) mass is 235 g/mol. The molecule has 2 N–H and O–H groups in total. The van der Waals surface area contributed by atoms with E-state index in [4.69, 9.17) is 0 Å². The van der Waals surface area contributed by atoms with Gasteiger partial charge in [-0.1, -0.05) is 0 Å². The summed E-state index contributed by atoms with van der Waals surface area (Å²) in [6.07, 6.45) is -0.0321. The lowest BCUT2D eigenvalue weighted by atomic mass is 10.1. The van der Waals surface area contributed by atoms with Crippen molar-refractivity contribution in [1.82, 2.24) is 15.5 Å². The third-order valence-electron chi connectivity index (χ3n) is 3.16. The van der Waals surface area contributed by atoms with Gasteiger partial charge in [-0.05, 0) is 20.9 Å². The first-order chi connectivity index (χ1) is 7.47. The topological polar surface area (TPSA) is 27.3 Å². The summed E-state index contributed by atoms with van der Waals surface area (Å²) >= 11 is 0. The van der Waals surface area contributed by atoms with Gasteiger partial charge in [0.15, 0.2) is 0 Å². The van der Waals surface area contributed by atoms with E-state index in [0.717, 1.165) is 13.1 Å². The van der Waals surface area contributed by atoms with E-state index in [1.54, 1.807) is 0 Å². The molecule has 1 fully saturated rings. The molecule has 0 amide bonds. The summed E-state index contributed by atoms with van der Waals surface area (Å²) in [6, 6.07) is -0.390. The normalized spacial score (nSPS) is 24.6. The zero-order chi connectivity index (χ0) is 12.2. The molecule has 5 heteroatoms. The van der Waals surface area contributed by atoms with Crippen LogP contribution in [0.1, 0.15) is 20.3 Å². The van der Waals surface area contributed by atoms with Crippen LogP contribution in [0.25, 0.3) is 0 Å². The van der Waals surface area contributed by atoms with Crippen molar-refractivity contribution >= 4 is 0 Å². The molecule has 1 unspecified atom stereocenters. The van der Waals surface area contributed by atoms with Crippen LogP contribution < -0.4 is 10.6 Å². The first-order valence-electron chi connectivity index (χ1n) is 5.97. The lowest BCUT2D eigenvalue weighted by Gasteiger charge is -2.31. The Kier molecular flexibility index (Phi) is 5.08. The fourth-order valence-corrected chi connectivity index (χ4v) is 1.98. The van der Waals surface area contributed by atoms with E-state index in [1.165, 1.54) is 0 Å². The number of nitrogens with one attached hydrogen (secondary N) is 2. The average molecular weight is 235 g/mol. The van der Waals surface area contributed by atoms with Crippen LogP contribution in [0.3, 0.4) is 0 Å². The van der Waals surface area contributed by atoms with Crippen molar-refractivity contribution in [3.63, 3.8) is 0 Å². The minimum Gasteiger partial charge on any atom is -0.318 e. The molecule has 96 valence electrons. The van der Waals surface area contributed by atoms with E-state index in [2.05, 4.69) is 15.5 Å². The van der Waals surface area contributed by atoms with Crippen molar-refractivity contribution in [2.45, 2.75) is 38.3 Å². The molecule has 0 aromatic carbocycles. The number of hydrogen-bond acceptors (Lipinski definition) is 3. The van der Waals surface area contributed by atoms with Gasteiger partial charge in [-0.2, -0.15) is 0 Å². The van der Waals surface area contributed by atoms with Crippen LogP contribution in [0.4, 0.5) is 8.78 Å². The summed E-state index contributed by atoms with van der Waals surface area (Å²) in [7, 11) is 1.88. The molecule has 1 rings (SSSR count). The third kappa shape index (κ3) is 3.64. The molecule has 1 saturated heterocycles. The SMILES string of the molecule is CNCCN(CC1NCCC1(F)F)C(C)C. The highest BCUT2D eigenvalue weighted by molar-refractivity contribution is 4.92. The Hall–Kier alpha value is -0.260. The zero-order valence-electron chi connectivity index (χ0n) is 10.4. The smallest absolute Gasteiger partial charge is 0.265 e. The molecular formula is C11H23F2N3. The van der Waals surface area contributed by atoms with Crippen LogP contribution in [0.5, 0.6) is 0 Å². The first-order valence-corrected chi connectivity index (χ1v) is 5.97. The molecular weight excluding hydrogens is 212 g/mol. The van der Waals surface area contributed by atoms with Crippen LogP contribution in [0, 0.1) is 0 Å². The Balaban J connectivity index is 2.47. The van der Waals surface area contributed by atoms with E-state index in [1.807, 2.05) is 20.9 Å². The minimum atomic E-state index is -2.55. The summed E-state index contributed by atoms with van der Waals surface area (Å²) < 4.78 is 26.9. The molecule has 0 spiro atoms. The molecule has 1 aliphatic rings. The molecule has 0 saturated carbocycles. The van der Waals surface area contributed by atoms with Crippen molar-refractivity contribution in [2.24, 2.45) is 0 Å². The van der Waals surface area contributed by atoms with Gasteiger partial charge in [0.25, 0.3) is 5.92 Å². The highest BCUT2D eigenvalue weighted by Crippen LogP contribution is 2.28. The number of likely N-dealkylation sites (N-methyl/N-ethyl adjacent to an activating group) is 1. The highest BCUT2D eigenvalue weighted by atomic mass is 19.3. The minimum absolute atomic E-state index is 0.0321. The molecule has 1 aliphatic heterocycles. The van der Waals surface area contributed by atoms with Crippen molar-refractivity contribution in [2.75, 3.05) is 33.2 Å². The van der Waals surface area contributed by atoms with Gasteiger partial charge in [-0.15, -0.1) is 0 Å². The van der Waals surface area contributed by atoms with Crippen LogP contribution in [-0.4, -0.2) is 56.1 Å². The molecule has 3 nitrogen and oxygen atoms in total. The second-order valence-electron chi connectivity index (χ2n) is 4.71. The van der Waals surface area contributed by atoms with E-state index in [-0.39, 0.29) is 6.42 Å². The third-order valence-corrected chi connectivity index (χ3v) is 3.16. The summed E-state index contributed by atoms with van der Waals surface area (Å²) in [5.74, 6) is -2.55. The number of hydrogen-bond donors (Lipinski definition) is 2. The molecule has 16 heavy (non-hydrogen) atoms. The van der Waals surface area contributed by atoms with Crippen LogP contribution in [-0.2, 0) is 0 Å². The Bertz CT molecular complexity index is 209. The summed E-state index contributed by atoms with van der Waals surface area (Å²) in [5.41, 5.74) is 0. The predicted molar refractivity (Wildman–Crippen MR) is 62.0 cm³/mol. The molecule has 0 bridgehead atoms. The largest absolute Gasteiger partial charge is 0.318 e. The van der Waals surface area contributed by atoms with Gasteiger partial charge in [-0.25, -0.2) is 8.78 Å². The second-order valence-corrected chi connectivity index (χ2v) is 4.71. The fraction of sp³-hybridized carbons (Fsp3) is 1.00. The average Bonchev–Trinajstić information content (AvgIpc) is 2.52. The molecule has 0 aliphatic carbocycles. The van der Waals surface area contributed by atoms with Gasteiger partial charge in [0.2, 0.25) is 0 Å². The maximum Gasteiger partial charge on any atom is 0.265 e.